The predicted octanol–water partition coefficient (Wildman–Crippen LogP) is 2.84. The molecule has 1 aliphatic heterocycles. The highest BCUT2D eigenvalue weighted by Crippen LogP contribution is 2.21. The van der Waals surface area contributed by atoms with Gasteiger partial charge in [-0.15, -0.1) is 0 Å². The van der Waals surface area contributed by atoms with E-state index in [0.717, 1.165) is 31.7 Å². The number of hydrogen-bond acceptors (Lipinski definition) is 4. The number of carbonyl (C=O) groups excluding carboxylic acids is 1. The first-order valence-electron chi connectivity index (χ1n) is 9.97. The van der Waals surface area contributed by atoms with Crippen LogP contribution in [0.3, 0.4) is 0 Å². The second-order valence-electron chi connectivity index (χ2n) is 7.86. The molecular weight excluding hydrogens is 348 g/mol. The molecule has 0 atom stereocenters. The Morgan fingerprint density at radius 2 is 1.57 bits per heavy atom. The highest BCUT2D eigenvalue weighted by Gasteiger charge is 2.21. The van der Waals surface area contributed by atoms with Crippen molar-refractivity contribution in [2.24, 2.45) is 0 Å². The molecule has 0 bridgehead atoms. The summed E-state index contributed by atoms with van der Waals surface area (Å²) in [6, 6.07) is 16.9. The van der Waals surface area contributed by atoms with Gasteiger partial charge in [0.05, 0.1) is 6.54 Å². The number of piperazine rings is 1. The highest BCUT2D eigenvalue weighted by atomic mass is 16.2. The summed E-state index contributed by atoms with van der Waals surface area (Å²) in [5.74, 6) is 0.182. The van der Waals surface area contributed by atoms with Crippen LogP contribution in [0.25, 0.3) is 0 Å². The Kier molecular flexibility index (Phi) is 6.57. The lowest BCUT2D eigenvalue weighted by Crippen LogP contribution is -2.49. The van der Waals surface area contributed by atoms with Crippen LogP contribution in [0.4, 0.5) is 11.4 Å². The topological polar surface area (TPSA) is 30.0 Å². The van der Waals surface area contributed by atoms with E-state index in [9.17, 15) is 4.79 Å². The van der Waals surface area contributed by atoms with Crippen LogP contribution >= 0.6 is 0 Å². The van der Waals surface area contributed by atoms with Gasteiger partial charge in [-0.1, -0.05) is 30.3 Å². The first-order valence-corrected chi connectivity index (χ1v) is 9.97. The Hall–Kier alpha value is -2.53. The zero-order chi connectivity index (χ0) is 20.1. The quantitative estimate of drug-likeness (QED) is 0.771. The molecule has 5 nitrogen and oxygen atoms in total. The van der Waals surface area contributed by atoms with Crippen LogP contribution in [0, 0.1) is 6.92 Å². The van der Waals surface area contributed by atoms with Gasteiger partial charge in [0.15, 0.2) is 0 Å². The molecule has 1 aliphatic rings. The Balaban J connectivity index is 1.48. The minimum atomic E-state index is 0.182. The Morgan fingerprint density at radius 1 is 0.929 bits per heavy atom. The Bertz CT molecular complexity index is 779. The van der Waals surface area contributed by atoms with Crippen molar-refractivity contribution in [2.75, 3.05) is 63.7 Å². The number of anilines is 2. The number of carbonyl (C=O) groups is 1. The van der Waals surface area contributed by atoms with Crippen molar-refractivity contribution in [3.63, 3.8) is 0 Å². The molecule has 1 amide bonds. The Morgan fingerprint density at radius 3 is 2.18 bits per heavy atom. The summed E-state index contributed by atoms with van der Waals surface area (Å²) in [4.78, 5) is 21.3. The standard InChI is InChI=1S/C23H32N4O/c1-19-7-5-6-8-22(19)27-15-13-26(14-16-27)18-23(28)25(4)17-20-9-11-21(12-10-20)24(2)3/h5-12H,13-18H2,1-4H3. The summed E-state index contributed by atoms with van der Waals surface area (Å²) in [5.41, 5.74) is 4.95. The first kappa shape index (κ1) is 20.2. The molecule has 3 rings (SSSR count). The van der Waals surface area contributed by atoms with Crippen molar-refractivity contribution in [3.8, 4) is 0 Å². The van der Waals surface area contributed by atoms with Gasteiger partial charge in [-0.3, -0.25) is 9.69 Å². The highest BCUT2D eigenvalue weighted by molar-refractivity contribution is 5.78. The smallest absolute Gasteiger partial charge is 0.236 e. The molecule has 28 heavy (non-hydrogen) atoms. The fraction of sp³-hybridized carbons (Fsp3) is 0.435. The number of benzene rings is 2. The molecular formula is C23H32N4O. The molecule has 2 aromatic rings. The third kappa shape index (κ3) is 5.04. The third-order valence-corrected chi connectivity index (χ3v) is 5.49. The van der Waals surface area contributed by atoms with E-state index in [1.807, 2.05) is 26.0 Å². The van der Waals surface area contributed by atoms with Crippen LogP contribution in [-0.2, 0) is 11.3 Å². The lowest BCUT2D eigenvalue weighted by molar-refractivity contribution is -0.131. The molecule has 150 valence electrons. The van der Waals surface area contributed by atoms with Crippen LogP contribution in [0.2, 0.25) is 0 Å². The van der Waals surface area contributed by atoms with Crippen LogP contribution in [0.15, 0.2) is 48.5 Å². The average Bonchev–Trinajstić information content (AvgIpc) is 2.69. The van der Waals surface area contributed by atoms with E-state index in [1.165, 1.54) is 16.9 Å². The number of hydrogen-bond donors (Lipinski definition) is 0. The molecule has 0 aliphatic carbocycles. The van der Waals surface area contributed by atoms with E-state index in [2.05, 4.69) is 70.2 Å². The molecule has 0 unspecified atom stereocenters. The lowest BCUT2D eigenvalue weighted by atomic mass is 10.1. The molecule has 5 heteroatoms. The number of para-hydroxylation sites is 1. The minimum Gasteiger partial charge on any atom is -0.378 e. The molecule has 1 fully saturated rings. The molecule has 0 aromatic heterocycles. The van der Waals surface area contributed by atoms with Gasteiger partial charge in [0, 0.05) is 65.2 Å². The van der Waals surface area contributed by atoms with E-state index >= 15 is 0 Å². The molecule has 1 heterocycles. The second-order valence-corrected chi connectivity index (χ2v) is 7.86. The molecule has 2 aromatic carbocycles. The van der Waals surface area contributed by atoms with Gasteiger partial charge in [-0.25, -0.2) is 0 Å². The minimum absolute atomic E-state index is 0.182. The average molecular weight is 381 g/mol. The molecule has 0 radical (unpaired) electrons. The van der Waals surface area contributed by atoms with Crippen molar-refractivity contribution in [1.29, 1.82) is 0 Å². The predicted molar refractivity (Wildman–Crippen MR) is 117 cm³/mol. The van der Waals surface area contributed by atoms with Crippen molar-refractivity contribution in [1.82, 2.24) is 9.80 Å². The number of amides is 1. The van der Waals surface area contributed by atoms with Crippen LogP contribution in [0.1, 0.15) is 11.1 Å². The summed E-state index contributed by atoms with van der Waals surface area (Å²) in [5, 5.41) is 0. The number of aryl methyl sites for hydroxylation is 1. The van der Waals surface area contributed by atoms with Gasteiger partial charge in [-0.2, -0.15) is 0 Å². The van der Waals surface area contributed by atoms with E-state index < -0.39 is 0 Å². The van der Waals surface area contributed by atoms with Gasteiger partial charge in [0.1, 0.15) is 0 Å². The second kappa shape index (κ2) is 9.11. The van der Waals surface area contributed by atoms with E-state index in [-0.39, 0.29) is 5.91 Å². The monoisotopic (exact) mass is 380 g/mol. The first-order chi connectivity index (χ1) is 13.4. The normalized spacial score (nSPS) is 14.8. The third-order valence-electron chi connectivity index (χ3n) is 5.49. The van der Waals surface area contributed by atoms with Gasteiger partial charge >= 0.3 is 0 Å². The van der Waals surface area contributed by atoms with Gasteiger partial charge in [0.2, 0.25) is 5.91 Å². The van der Waals surface area contributed by atoms with Crippen molar-refractivity contribution < 1.29 is 4.79 Å². The van der Waals surface area contributed by atoms with Gasteiger partial charge < -0.3 is 14.7 Å². The van der Waals surface area contributed by atoms with E-state index in [1.54, 1.807) is 0 Å². The SMILES string of the molecule is Cc1ccccc1N1CCN(CC(=O)N(C)Cc2ccc(N(C)C)cc2)CC1. The van der Waals surface area contributed by atoms with Crippen LogP contribution < -0.4 is 9.80 Å². The molecule has 0 spiro atoms. The Labute approximate surface area is 169 Å². The summed E-state index contributed by atoms with van der Waals surface area (Å²) < 4.78 is 0. The molecule has 0 saturated carbocycles. The zero-order valence-corrected chi connectivity index (χ0v) is 17.6. The largest absolute Gasteiger partial charge is 0.378 e. The van der Waals surface area contributed by atoms with Gasteiger partial charge in [-0.05, 0) is 36.2 Å². The van der Waals surface area contributed by atoms with Gasteiger partial charge in [0.25, 0.3) is 0 Å². The van der Waals surface area contributed by atoms with Crippen molar-refractivity contribution in [3.05, 3.63) is 59.7 Å². The number of nitrogens with zero attached hydrogens (tertiary/aromatic N) is 4. The van der Waals surface area contributed by atoms with E-state index in [0.29, 0.717) is 13.1 Å². The zero-order valence-electron chi connectivity index (χ0n) is 17.6. The molecule has 1 saturated heterocycles. The maximum absolute atomic E-state index is 12.7. The fourth-order valence-electron chi connectivity index (χ4n) is 3.64. The summed E-state index contributed by atoms with van der Waals surface area (Å²) >= 11 is 0. The lowest BCUT2D eigenvalue weighted by Gasteiger charge is -2.37. The molecule has 0 N–H and O–H groups in total. The van der Waals surface area contributed by atoms with Crippen LogP contribution in [0.5, 0.6) is 0 Å². The fourth-order valence-corrected chi connectivity index (χ4v) is 3.64. The summed E-state index contributed by atoms with van der Waals surface area (Å²) in [6.07, 6.45) is 0. The maximum atomic E-state index is 12.7. The van der Waals surface area contributed by atoms with Crippen molar-refractivity contribution in [2.45, 2.75) is 13.5 Å². The maximum Gasteiger partial charge on any atom is 0.236 e. The summed E-state index contributed by atoms with van der Waals surface area (Å²) in [6.45, 7) is 7.08. The number of rotatable bonds is 6. The summed E-state index contributed by atoms with van der Waals surface area (Å²) in [7, 11) is 5.96. The van der Waals surface area contributed by atoms with Crippen molar-refractivity contribution >= 4 is 17.3 Å². The van der Waals surface area contributed by atoms with Crippen LogP contribution in [-0.4, -0.2) is 69.6 Å². The number of likely N-dealkylation sites (N-methyl/N-ethyl adjacent to an activating group) is 1. The van der Waals surface area contributed by atoms with E-state index in [4.69, 9.17) is 0 Å².